The van der Waals surface area contributed by atoms with Gasteiger partial charge in [0.1, 0.15) is 11.5 Å². The second-order valence-electron chi connectivity index (χ2n) is 5.04. The number of aromatic nitrogens is 2. The van der Waals surface area contributed by atoms with Gasteiger partial charge in [0.05, 0.1) is 19.8 Å². The van der Waals surface area contributed by atoms with Gasteiger partial charge >= 0.3 is 5.97 Å². The lowest BCUT2D eigenvalue weighted by atomic mass is 10.2. The normalized spacial score (nSPS) is 10.3. The average molecular weight is 340 g/mol. The number of hydrogen-bond donors (Lipinski definition) is 0. The fourth-order valence-electron chi connectivity index (χ4n) is 2.11. The van der Waals surface area contributed by atoms with Gasteiger partial charge in [0.2, 0.25) is 5.82 Å². The van der Waals surface area contributed by atoms with E-state index in [9.17, 15) is 4.79 Å². The number of carbonyl (C=O) groups is 1. The Kier molecular flexibility index (Phi) is 4.94. The zero-order chi connectivity index (χ0) is 17.6. The summed E-state index contributed by atoms with van der Waals surface area (Å²) in [5, 5.41) is 3.88. The Balaban J connectivity index is 1.61. The van der Waals surface area contributed by atoms with Crippen LogP contribution in [0, 0.1) is 0 Å². The van der Waals surface area contributed by atoms with Gasteiger partial charge in [0, 0.05) is 5.56 Å². The second-order valence-corrected chi connectivity index (χ2v) is 5.04. The van der Waals surface area contributed by atoms with Crippen LogP contribution in [0.25, 0.3) is 11.4 Å². The minimum absolute atomic E-state index is 0.103. The highest BCUT2D eigenvalue weighted by atomic mass is 16.6. The molecule has 2 aromatic carbocycles. The molecule has 1 aromatic heterocycles. The fourth-order valence-corrected chi connectivity index (χ4v) is 2.11. The molecule has 0 unspecified atom stereocenters. The van der Waals surface area contributed by atoms with Crippen molar-refractivity contribution in [3.8, 4) is 22.9 Å². The number of rotatable bonds is 6. The lowest BCUT2D eigenvalue weighted by Crippen LogP contribution is -2.05. The predicted molar refractivity (Wildman–Crippen MR) is 88.4 cm³/mol. The molecule has 1 heterocycles. The van der Waals surface area contributed by atoms with Gasteiger partial charge in [-0.05, 0) is 48.5 Å². The zero-order valence-corrected chi connectivity index (χ0v) is 13.8. The standard InChI is InChI=1S/C18H16N2O5/c1-22-14-7-3-12(4-8-14)17-19-16(25-20-17)11-24-18(21)13-5-9-15(23-2)10-6-13/h3-10H,11H2,1-2H3. The number of hydrogen-bond acceptors (Lipinski definition) is 7. The Morgan fingerprint density at radius 3 is 2.16 bits per heavy atom. The van der Waals surface area contributed by atoms with E-state index in [1.165, 1.54) is 0 Å². The lowest BCUT2D eigenvalue weighted by Gasteiger charge is -2.03. The summed E-state index contributed by atoms with van der Waals surface area (Å²) in [5.74, 6) is 1.55. The summed E-state index contributed by atoms with van der Waals surface area (Å²) in [7, 11) is 3.15. The first kappa shape index (κ1) is 16.5. The summed E-state index contributed by atoms with van der Waals surface area (Å²) in [4.78, 5) is 16.2. The number of nitrogens with zero attached hydrogens (tertiary/aromatic N) is 2. The van der Waals surface area contributed by atoms with Crippen LogP contribution in [0.5, 0.6) is 11.5 Å². The van der Waals surface area contributed by atoms with Crippen molar-refractivity contribution in [2.45, 2.75) is 6.61 Å². The van der Waals surface area contributed by atoms with E-state index in [-0.39, 0.29) is 12.5 Å². The molecule has 7 nitrogen and oxygen atoms in total. The molecule has 0 fully saturated rings. The molecular formula is C18H16N2O5. The molecular weight excluding hydrogens is 324 g/mol. The van der Waals surface area contributed by atoms with Gasteiger partial charge in [-0.1, -0.05) is 5.16 Å². The van der Waals surface area contributed by atoms with Crippen LogP contribution in [0.1, 0.15) is 16.2 Å². The smallest absolute Gasteiger partial charge is 0.338 e. The van der Waals surface area contributed by atoms with Gasteiger partial charge in [0.15, 0.2) is 6.61 Å². The molecule has 0 N–H and O–H groups in total. The molecule has 0 saturated carbocycles. The monoisotopic (exact) mass is 340 g/mol. The van der Waals surface area contributed by atoms with Gasteiger partial charge in [-0.25, -0.2) is 4.79 Å². The second kappa shape index (κ2) is 7.48. The van der Waals surface area contributed by atoms with Crippen LogP contribution in [-0.4, -0.2) is 30.3 Å². The van der Waals surface area contributed by atoms with Gasteiger partial charge in [-0.3, -0.25) is 0 Å². The first-order chi connectivity index (χ1) is 12.2. The minimum Gasteiger partial charge on any atom is -0.497 e. The molecule has 3 rings (SSSR count). The molecule has 0 aliphatic carbocycles. The van der Waals surface area contributed by atoms with Crippen LogP contribution in [0.4, 0.5) is 0 Å². The summed E-state index contributed by atoms with van der Waals surface area (Å²) in [6, 6.07) is 13.9. The van der Waals surface area contributed by atoms with Gasteiger partial charge in [0.25, 0.3) is 5.89 Å². The molecule has 0 amide bonds. The van der Waals surface area contributed by atoms with E-state index in [4.69, 9.17) is 18.7 Å². The number of esters is 1. The highest BCUT2D eigenvalue weighted by Gasteiger charge is 2.12. The number of methoxy groups -OCH3 is 2. The van der Waals surface area contributed by atoms with Crippen molar-refractivity contribution >= 4 is 5.97 Å². The first-order valence-electron chi connectivity index (χ1n) is 7.48. The van der Waals surface area contributed by atoms with Crippen molar-refractivity contribution in [1.82, 2.24) is 10.1 Å². The molecule has 0 saturated heterocycles. The van der Waals surface area contributed by atoms with Crippen LogP contribution < -0.4 is 9.47 Å². The number of benzene rings is 2. The maximum absolute atomic E-state index is 12.0. The Bertz CT molecular complexity index is 841. The maximum Gasteiger partial charge on any atom is 0.338 e. The van der Waals surface area contributed by atoms with Gasteiger partial charge in [-0.15, -0.1) is 0 Å². The Hall–Kier alpha value is -3.35. The van der Waals surface area contributed by atoms with Crippen molar-refractivity contribution in [3.63, 3.8) is 0 Å². The number of ether oxygens (including phenoxy) is 3. The Labute approximate surface area is 144 Å². The fraction of sp³-hybridized carbons (Fsp3) is 0.167. The van der Waals surface area contributed by atoms with Crippen molar-refractivity contribution in [2.24, 2.45) is 0 Å². The van der Waals surface area contributed by atoms with E-state index in [2.05, 4.69) is 10.1 Å². The van der Waals surface area contributed by atoms with Gasteiger partial charge in [-0.2, -0.15) is 4.98 Å². The third kappa shape index (κ3) is 3.95. The molecule has 0 aliphatic rings. The topological polar surface area (TPSA) is 83.7 Å². The Morgan fingerprint density at radius 1 is 0.960 bits per heavy atom. The Morgan fingerprint density at radius 2 is 1.56 bits per heavy atom. The van der Waals surface area contributed by atoms with Crippen molar-refractivity contribution < 1.29 is 23.5 Å². The molecule has 0 radical (unpaired) electrons. The molecule has 128 valence electrons. The first-order valence-corrected chi connectivity index (χ1v) is 7.48. The summed E-state index contributed by atoms with van der Waals surface area (Å²) in [6.07, 6.45) is 0. The van der Waals surface area contributed by atoms with E-state index in [0.29, 0.717) is 17.1 Å². The van der Waals surface area contributed by atoms with Crippen molar-refractivity contribution in [1.29, 1.82) is 0 Å². The van der Waals surface area contributed by atoms with Crippen LogP contribution in [-0.2, 0) is 11.3 Å². The summed E-state index contributed by atoms with van der Waals surface area (Å²) >= 11 is 0. The third-order valence-corrected chi connectivity index (χ3v) is 3.47. The highest BCUT2D eigenvalue weighted by molar-refractivity contribution is 5.89. The molecule has 7 heteroatoms. The summed E-state index contributed by atoms with van der Waals surface area (Å²) < 4.78 is 20.4. The summed E-state index contributed by atoms with van der Waals surface area (Å²) in [6.45, 7) is -0.103. The van der Waals surface area contributed by atoms with Crippen LogP contribution in [0.2, 0.25) is 0 Å². The zero-order valence-electron chi connectivity index (χ0n) is 13.8. The largest absolute Gasteiger partial charge is 0.497 e. The van der Waals surface area contributed by atoms with Crippen molar-refractivity contribution in [2.75, 3.05) is 14.2 Å². The molecule has 0 bridgehead atoms. The molecule has 3 aromatic rings. The van der Waals surface area contributed by atoms with E-state index < -0.39 is 5.97 Å². The highest BCUT2D eigenvalue weighted by Crippen LogP contribution is 2.20. The SMILES string of the molecule is COc1ccc(C(=O)OCc2nc(-c3ccc(OC)cc3)no2)cc1. The molecule has 0 atom stereocenters. The van der Waals surface area contributed by atoms with Gasteiger partial charge < -0.3 is 18.7 Å². The average Bonchev–Trinajstić information content (AvgIpc) is 3.15. The maximum atomic E-state index is 12.0. The van der Waals surface area contributed by atoms with E-state index in [1.807, 2.05) is 12.1 Å². The van der Waals surface area contributed by atoms with Crippen LogP contribution >= 0.6 is 0 Å². The predicted octanol–water partition coefficient (Wildman–Crippen LogP) is 3.11. The van der Waals surface area contributed by atoms with Crippen LogP contribution in [0.3, 0.4) is 0 Å². The van der Waals surface area contributed by atoms with E-state index >= 15 is 0 Å². The molecule has 0 aliphatic heterocycles. The quantitative estimate of drug-likeness (QED) is 0.637. The molecule has 25 heavy (non-hydrogen) atoms. The summed E-state index contributed by atoms with van der Waals surface area (Å²) in [5.41, 5.74) is 1.19. The third-order valence-electron chi connectivity index (χ3n) is 3.47. The van der Waals surface area contributed by atoms with Crippen LogP contribution in [0.15, 0.2) is 53.1 Å². The number of carbonyl (C=O) groups excluding carboxylic acids is 1. The minimum atomic E-state index is -0.480. The van der Waals surface area contributed by atoms with E-state index in [1.54, 1.807) is 50.6 Å². The van der Waals surface area contributed by atoms with Crippen molar-refractivity contribution in [3.05, 3.63) is 60.0 Å². The van der Waals surface area contributed by atoms with E-state index in [0.717, 1.165) is 11.3 Å². The lowest BCUT2D eigenvalue weighted by molar-refractivity contribution is 0.0430. The molecule has 0 spiro atoms.